The summed E-state index contributed by atoms with van der Waals surface area (Å²) in [5, 5.41) is 0.854. The normalized spacial score (nSPS) is 14.8. The van der Waals surface area contributed by atoms with Gasteiger partial charge in [0.1, 0.15) is 11.5 Å². The second kappa shape index (κ2) is 8.73. The van der Waals surface area contributed by atoms with Crippen molar-refractivity contribution in [3.05, 3.63) is 59.0 Å². The zero-order chi connectivity index (χ0) is 21.1. The fourth-order valence-corrected chi connectivity index (χ4v) is 3.62. The van der Waals surface area contributed by atoms with Gasteiger partial charge in [-0.3, -0.25) is 4.98 Å². The van der Waals surface area contributed by atoms with Crippen molar-refractivity contribution in [2.75, 3.05) is 36.8 Å². The molecule has 1 saturated heterocycles. The predicted molar refractivity (Wildman–Crippen MR) is 121 cm³/mol. The number of aliphatic imine (C=N–C) groups is 1. The number of guanidine groups is 1. The van der Waals surface area contributed by atoms with Crippen molar-refractivity contribution in [1.29, 1.82) is 0 Å². The van der Waals surface area contributed by atoms with Crippen LogP contribution in [-0.2, 0) is 0 Å². The van der Waals surface area contributed by atoms with Gasteiger partial charge >= 0.3 is 0 Å². The van der Waals surface area contributed by atoms with Crippen LogP contribution in [0, 0.1) is 0 Å². The summed E-state index contributed by atoms with van der Waals surface area (Å²) in [6.45, 7) is 2.86. The van der Waals surface area contributed by atoms with Crippen LogP contribution in [0.2, 0.25) is 10.0 Å². The van der Waals surface area contributed by atoms with Crippen molar-refractivity contribution in [2.45, 2.75) is 0 Å². The number of nitrogen functional groups attached to an aromatic ring is 1. The van der Waals surface area contributed by atoms with Crippen LogP contribution in [0.15, 0.2) is 53.9 Å². The van der Waals surface area contributed by atoms with Gasteiger partial charge in [0, 0.05) is 44.1 Å². The number of hydrogen-bond acceptors (Lipinski definition) is 6. The number of benzene rings is 1. The molecule has 0 radical (unpaired) electrons. The van der Waals surface area contributed by atoms with Gasteiger partial charge in [0.05, 0.1) is 21.9 Å². The van der Waals surface area contributed by atoms with Crippen molar-refractivity contribution < 1.29 is 0 Å². The van der Waals surface area contributed by atoms with Gasteiger partial charge in [-0.15, -0.1) is 0 Å². The summed E-state index contributed by atoms with van der Waals surface area (Å²) in [4.78, 5) is 21.6. The molecule has 3 heterocycles. The van der Waals surface area contributed by atoms with Crippen LogP contribution >= 0.6 is 23.2 Å². The Balaban J connectivity index is 1.46. The van der Waals surface area contributed by atoms with E-state index in [4.69, 9.17) is 34.7 Å². The third kappa shape index (κ3) is 4.24. The van der Waals surface area contributed by atoms with E-state index in [0.29, 0.717) is 52.0 Å². The molecule has 1 aromatic carbocycles. The lowest BCUT2D eigenvalue weighted by Gasteiger charge is -2.35. The minimum atomic E-state index is 0.304. The van der Waals surface area contributed by atoms with Crippen molar-refractivity contribution >= 4 is 46.5 Å². The van der Waals surface area contributed by atoms with E-state index < -0.39 is 0 Å². The SMILES string of the molecule is NC(=Nc1ccncc1)N1CCN(c2cnc(-c3cccc(Cl)c3Cl)c(N)n2)CC1. The first kappa shape index (κ1) is 20.2. The number of piperazine rings is 1. The van der Waals surface area contributed by atoms with Crippen LogP contribution in [0.1, 0.15) is 0 Å². The van der Waals surface area contributed by atoms with Crippen molar-refractivity contribution in [3.63, 3.8) is 0 Å². The van der Waals surface area contributed by atoms with Gasteiger partial charge in [0.25, 0.3) is 0 Å². The van der Waals surface area contributed by atoms with E-state index >= 15 is 0 Å². The van der Waals surface area contributed by atoms with Crippen LogP contribution in [-0.4, -0.2) is 52.0 Å². The Hall–Kier alpha value is -3.10. The van der Waals surface area contributed by atoms with E-state index in [2.05, 4.69) is 24.8 Å². The van der Waals surface area contributed by atoms with E-state index in [1.165, 1.54) is 0 Å². The van der Waals surface area contributed by atoms with E-state index in [-0.39, 0.29) is 0 Å². The van der Waals surface area contributed by atoms with Crippen LogP contribution in [0.4, 0.5) is 17.3 Å². The Kier molecular flexibility index (Phi) is 5.87. The summed E-state index contributed by atoms with van der Waals surface area (Å²) in [6, 6.07) is 8.96. The van der Waals surface area contributed by atoms with E-state index in [0.717, 1.165) is 18.8 Å². The highest BCUT2D eigenvalue weighted by molar-refractivity contribution is 6.43. The minimum Gasteiger partial charge on any atom is -0.382 e. The van der Waals surface area contributed by atoms with E-state index in [1.54, 1.807) is 30.7 Å². The molecule has 0 bridgehead atoms. The summed E-state index contributed by atoms with van der Waals surface area (Å²) in [6.07, 6.45) is 5.08. The third-order valence-corrected chi connectivity index (χ3v) is 5.65. The highest BCUT2D eigenvalue weighted by Gasteiger charge is 2.21. The van der Waals surface area contributed by atoms with E-state index in [9.17, 15) is 0 Å². The molecule has 0 spiro atoms. The number of anilines is 2. The highest BCUT2D eigenvalue weighted by atomic mass is 35.5. The van der Waals surface area contributed by atoms with E-state index in [1.807, 2.05) is 23.1 Å². The van der Waals surface area contributed by atoms with Crippen molar-refractivity contribution in [2.24, 2.45) is 10.7 Å². The Morgan fingerprint density at radius 3 is 2.47 bits per heavy atom. The fraction of sp³-hybridized carbons (Fsp3) is 0.200. The second-order valence-corrected chi connectivity index (χ2v) is 7.50. The second-order valence-electron chi connectivity index (χ2n) is 6.71. The third-order valence-electron chi connectivity index (χ3n) is 4.83. The topological polar surface area (TPSA) is 110 Å². The molecule has 10 heteroatoms. The minimum absolute atomic E-state index is 0.304. The lowest BCUT2D eigenvalue weighted by Crippen LogP contribution is -2.51. The Bertz CT molecular complexity index is 1070. The molecular weight excluding hydrogens is 423 g/mol. The highest BCUT2D eigenvalue weighted by Crippen LogP contribution is 2.35. The molecule has 3 aromatic rings. The average molecular weight is 443 g/mol. The quantitative estimate of drug-likeness (QED) is 0.473. The first-order valence-corrected chi connectivity index (χ1v) is 10.1. The number of aromatic nitrogens is 3. The molecular formula is C20H20Cl2N8. The zero-order valence-corrected chi connectivity index (χ0v) is 17.6. The maximum atomic E-state index is 6.29. The van der Waals surface area contributed by atoms with Gasteiger partial charge in [-0.1, -0.05) is 35.3 Å². The van der Waals surface area contributed by atoms with Gasteiger partial charge in [-0.25, -0.2) is 15.0 Å². The monoisotopic (exact) mass is 442 g/mol. The van der Waals surface area contributed by atoms with Gasteiger partial charge in [-0.2, -0.15) is 0 Å². The van der Waals surface area contributed by atoms with Gasteiger partial charge in [0.2, 0.25) is 0 Å². The van der Waals surface area contributed by atoms with Crippen LogP contribution in [0.3, 0.4) is 0 Å². The number of hydrogen-bond donors (Lipinski definition) is 2. The molecule has 0 saturated carbocycles. The smallest absolute Gasteiger partial charge is 0.196 e. The summed E-state index contributed by atoms with van der Waals surface area (Å²) in [7, 11) is 0. The maximum absolute atomic E-state index is 6.29. The molecule has 0 amide bonds. The molecule has 2 aromatic heterocycles. The molecule has 8 nitrogen and oxygen atoms in total. The standard InChI is InChI=1S/C20H20Cl2N8/c21-15-3-1-2-14(17(15)22)18-19(23)28-16(12-26-18)29-8-10-30(11-9-29)20(24)27-13-4-6-25-7-5-13/h1-7,12H,8-11H2,(H2,23,28)(H2,24,25,27). The molecule has 4 rings (SSSR count). The Labute approximate surface area is 184 Å². The lowest BCUT2D eigenvalue weighted by atomic mass is 10.1. The summed E-state index contributed by atoms with van der Waals surface area (Å²) in [5.41, 5.74) is 14.3. The number of nitrogens with zero attached hydrogens (tertiary/aromatic N) is 6. The molecule has 0 aliphatic carbocycles. The fourth-order valence-electron chi connectivity index (χ4n) is 3.23. The molecule has 0 atom stereocenters. The van der Waals surface area contributed by atoms with Crippen molar-refractivity contribution in [1.82, 2.24) is 19.9 Å². The average Bonchev–Trinajstić information content (AvgIpc) is 2.77. The van der Waals surface area contributed by atoms with Gasteiger partial charge in [-0.05, 0) is 18.2 Å². The molecule has 1 aliphatic heterocycles. The molecule has 4 N–H and O–H groups in total. The molecule has 1 aliphatic rings. The molecule has 30 heavy (non-hydrogen) atoms. The predicted octanol–water partition coefficient (Wildman–Crippen LogP) is 3.20. The van der Waals surface area contributed by atoms with Gasteiger partial charge in [0.15, 0.2) is 11.8 Å². The first-order valence-electron chi connectivity index (χ1n) is 9.34. The summed E-state index contributed by atoms with van der Waals surface area (Å²) >= 11 is 12.4. The lowest BCUT2D eigenvalue weighted by molar-refractivity contribution is 0.381. The van der Waals surface area contributed by atoms with Gasteiger partial charge < -0.3 is 21.3 Å². The number of pyridine rings is 1. The van der Waals surface area contributed by atoms with Crippen LogP contribution in [0.5, 0.6) is 0 Å². The summed E-state index contributed by atoms with van der Waals surface area (Å²) < 4.78 is 0. The number of nitrogens with two attached hydrogens (primary N) is 2. The largest absolute Gasteiger partial charge is 0.382 e. The Morgan fingerprint density at radius 1 is 1.03 bits per heavy atom. The van der Waals surface area contributed by atoms with Crippen molar-refractivity contribution in [3.8, 4) is 11.3 Å². The van der Waals surface area contributed by atoms with Crippen LogP contribution < -0.4 is 16.4 Å². The number of halogens is 2. The maximum Gasteiger partial charge on any atom is 0.196 e. The molecule has 1 fully saturated rings. The Morgan fingerprint density at radius 2 is 1.77 bits per heavy atom. The van der Waals surface area contributed by atoms with Crippen LogP contribution in [0.25, 0.3) is 11.3 Å². The number of rotatable bonds is 3. The summed E-state index contributed by atoms with van der Waals surface area (Å²) in [5.74, 6) is 1.49. The first-order chi connectivity index (χ1) is 14.5. The zero-order valence-electron chi connectivity index (χ0n) is 16.0. The molecule has 0 unspecified atom stereocenters. The molecule has 154 valence electrons.